The number of hydrogen-bond donors (Lipinski definition) is 2. The van der Waals surface area contributed by atoms with Gasteiger partial charge in [-0.1, -0.05) is 20.8 Å². The lowest BCUT2D eigenvalue weighted by atomic mass is 9.88. The Labute approximate surface area is 80.5 Å². The molecular weight excluding hydrogens is 166 g/mol. The Morgan fingerprint density at radius 1 is 1.46 bits per heavy atom. The quantitative estimate of drug-likeness (QED) is 0.658. The molecule has 0 saturated carbocycles. The number of carbonyl (C=O) groups is 1. The molecule has 2 N–H and O–H groups in total. The smallest absolute Gasteiger partial charge is 0.219 e. The van der Waals surface area contributed by atoms with Crippen molar-refractivity contribution in [1.29, 1.82) is 0 Å². The highest BCUT2D eigenvalue weighted by molar-refractivity contribution is 5.75. The van der Waals surface area contributed by atoms with Crippen LogP contribution in [0.3, 0.4) is 0 Å². The van der Waals surface area contributed by atoms with Crippen LogP contribution in [0.4, 0.5) is 0 Å². The average Bonchev–Trinajstić information content (AvgIpc) is 2.11. The van der Waals surface area contributed by atoms with Gasteiger partial charge in [-0.25, -0.2) is 0 Å². The summed E-state index contributed by atoms with van der Waals surface area (Å²) in [5.41, 5.74) is 0.0908. The number of rotatable bonds is 6. The number of aliphatic hydroxyl groups excluding tert-OH is 1. The molecule has 0 atom stereocenters. The molecule has 0 radical (unpaired) electrons. The van der Waals surface area contributed by atoms with E-state index in [1.165, 1.54) is 0 Å². The van der Waals surface area contributed by atoms with Crippen molar-refractivity contribution in [3.8, 4) is 0 Å². The van der Waals surface area contributed by atoms with Crippen LogP contribution in [0.2, 0.25) is 0 Å². The number of carbonyl (C=O) groups excluding carboxylic acids is 1. The van der Waals surface area contributed by atoms with Crippen LogP contribution in [0, 0.1) is 5.41 Å². The Bertz CT molecular complexity index is 155. The molecule has 0 bridgehead atoms. The molecule has 0 aromatic heterocycles. The van der Waals surface area contributed by atoms with E-state index in [4.69, 9.17) is 5.11 Å². The van der Waals surface area contributed by atoms with Gasteiger partial charge in [0.25, 0.3) is 0 Å². The number of aliphatic hydroxyl groups is 1. The number of nitrogens with one attached hydrogen (secondary N) is 1. The van der Waals surface area contributed by atoms with Crippen LogP contribution < -0.4 is 5.32 Å². The highest BCUT2D eigenvalue weighted by atomic mass is 16.2. The van der Waals surface area contributed by atoms with E-state index >= 15 is 0 Å². The zero-order chi connectivity index (χ0) is 10.3. The lowest BCUT2D eigenvalue weighted by Gasteiger charge is -2.24. The summed E-state index contributed by atoms with van der Waals surface area (Å²) in [7, 11) is 0. The van der Waals surface area contributed by atoms with E-state index in [2.05, 4.69) is 19.2 Å². The van der Waals surface area contributed by atoms with Gasteiger partial charge in [-0.3, -0.25) is 4.79 Å². The summed E-state index contributed by atoms with van der Waals surface area (Å²) in [6.45, 7) is 6.96. The molecule has 0 saturated heterocycles. The second kappa shape index (κ2) is 5.97. The molecule has 0 heterocycles. The average molecular weight is 187 g/mol. The minimum atomic E-state index is 0.0908. The van der Waals surface area contributed by atoms with Gasteiger partial charge in [0.15, 0.2) is 0 Å². The minimum Gasteiger partial charge on any atom is -0.396 e. The van der Waals surface area contributed by atoms with Gasteiger partial charge < -0.3 is 10.4 Å². The maximum absolute atomic E-state index is 11.0. The maximum Gasteiger partial charge on any atom is 0.219 e. The molecule has 78 valence electrons. The van der Waals surface area contributed by atoms with Crippen LogP contribution in [0.1, 0.15) is 40.0 Å². The van der Waals surface area contributed by atoms with Crippen molar-refractivity contribution in [3.05, 3.63) is 0 Å². The molecule has 0 unspecified atom stereocenters. The van der Waals surface area contributed by atoms with Crippen molar-refractivity contribution in [2.24, 2.45) is 5.41 Å². The zero-order valence-corrected chi connectivity index (χ0v) is 8.89. The molecule has 0 aliphatic rings. The Morgan fingerprint density at radius 2 is 2.08 bits per heavy atom. The topological polar surface area (TPSA) is 49.3 Å². The third kappa shape index (κ3) is 6.58. The Kier molecular flexibility index (Phi) is 5.71. The summed E-state index contributed by atoms with van der Waals surface area (Å²) >= 11 is 0. The van der Waals surface area contributed by atoms with Crippen LogP contribution >= 0.6 is 0 Å². The van der Waals surface area contributed by atoms with Gasteiger partial charge in [0.05, 0.1) is 0 Å². The second-order valence-electron chi connectivity index (χ2n) is 4.12. The molecule has 0 fully saturated rings. The Hall–Kier alpha value is -0.570. The maximum atomic E-state index is 11.0. The summed E-state index contributed by atoms with van der Waals surface area (Å²) in [5.74, 6) is 0.0945. The van der Waals surface area contributed by atoms with Crippen LogP contribution in [-0.4, -0.2) is 24.2 Å². The molecular formula is C10H21NO2. The summed E-state index contributed by atoms with van der Waals surface area (Å²) in [6, 6.07) is 0. The first-order valence-electron chi connectivity index (χ1n) is 4.89. The largest absolute Gasteiger partial charge is 0.396 e. The lowest BCUT2D eigenvalue weighted by molar-refractivity contribution is -0.121. The van der Waals surface area contributed by atoms with Crippen LogP contribution in [0.15, 0.2) is 0 Å². The van der Waals surface area contributed by atoms with Gasteiger partial charge in [-0.05, 0) is 18.3 Å². The molecule has 0 aliphatic carbocycles. The van der Waals surface area contributed by atoms with Crippen molar-refractivity contribution in [1.82, 2.24) is 5.32 Å². The summed E-state index contributed by atoms with van der Waals surface area (Å²) in [4.78, 5) is 11.0. The normalized spacial score (nSPS) is 11.4. The second-order valence-corrected chi connectivity index (χ2v) is 4.12. The van der Waals surface area contributed by atoms with Gasteiger partial charge >= 0.3 is 0 Å². The summed E-state index contributed by atoms with van der Waals surface area (Å²) in [6.07, 6.45) is 2.28. The van der Waals surface area contributed by atoms with Gasteiger partial charge in [-0.15, -0.1) is 0 Å². The van der Waals surface area contributed by atoms with Crippen molar-refractivity contribution in [2.75, 3.05) is 13.2 Å². The molecule has 3 nitrogen and oxygen atoms in total. The summed E-state index contributed by atoms with van der Waals surface area (Å²) in [5, 5.41) is 11.5. The highest BCUT2D eigenvalue weighted by Crippen LogP contribution is 2.20. The first kappa shape index (κ1) is 12.4. The fourth-order valence-electron chi connectivity index (χ4n) is 1.11. The molecule has 0 aromatic rings. The number of amides is 1. The van der Waals surface area contributed by atoms with Gasteiger partial charge in [0, 0.05) is 19.6 Å². The molecule has 13 heavy (non-hydrogen) atoms. The zero-order valence-electron chi connectivity index (χ0n) is 8.89. The predicted molar refractivity (Wildman–Crippen MR) is 53.4 cm³/mol. The number of hydrogen-bond acceptors (Lipinski definition) is 2. The molecule has 1 amide bonds. The van der Waals surface area contributed by atoms with Crippen LogP contribution in [0.25, 0.3) is 0 Å². The first-order valence-corrected chi connectivity index (χ1v) is 4.89. The summed E-state index contributed by atoms with van der Waals surface area (Å²) < 4.78 is 0. The lowest BCUT2D eigenvalue weighted by Crippen LogP contribution is -2.33. The first-order chi connectivity index (χ1) is 6.02. The Morgan fingerprint density at radius 3 is 2.54 bits per heavy atom. The van der Waals surface area contributed by atoms with E-state index in [-0.39, 0.29) is 17.9 Å². The van der Waals surface area contributed by atoms with Crippen molar-refractivity contribution in [2.45, 2.75) is 40.0 Å². The molecule has 0 rings (SSSR count). The standard InChI is InChI=1S/C10H21NO2/c1-4-9(13)11-8-10(2,3)6-5-7-12/h12H,4-8H2,1-3H3,(H,11,13). The van der Waals surface area contributed by atoms with Crippen molar-refractivity contribution in [3.63, 3.8) is 0 Å². The van der Waals surface area contributed by atoms with Gasteiger partial charge in [0.1, 0.15) is 0 Å². The van der Waals surface area contributed by atoms with E-state index < -0.39 is 0 Å². The molecule has 0 spiro atoms. The SMILES string of the molecule is CCC(=O)NCC(C)(C)CCCO. The minimum absolute atomic E-state index is 0.0908. The van der Waals surface area contributed by atoms with E-state index in [9.17, 15) is 4.79 Å². The van der Waals surface area contributed by atoms with Crippen LogP contribution in [-0.2, 0) is 4.79 Å². The van der Waals surface area contributed by atoms with E-state index in [0.717, 1.165) is 12.8 Å². The van der Waals surface area contributed by atoms with Gasteiger partial charge in [0.2, 0.25) is 5.91 Å². The monoisotopic (exact) mass is 187 g/mol. The predicted octanol–water partition coefficient (Wildman–Crippen LogP) is 1.31. The third-order valence-electron chi connectivity index (χ3n) is 2.10. The highest BCUT2D eigenvalue weighted by Gasteiger charge is 2.17. The fourth-order valence-corrected chi connectivity index (χ4v) is 1.11. The van der Waals surface area contributed by atoms with E-state index in [1.807, 2.05) is 6.92 Å². The van der Waals surface area contributed by atoms with Crippen molar-refractivity contribution >= 4 is 5.91 Å². The van der Waals surface area contributed by atoms with E-state index in [0.29, 0.717) is 13.0 Å². The Balaban J connectivity index is 3.67. The molecule has 0 aliphatic heterocycles. The van der Waals surface area contributed by atoms with E-state index in [1.54, 1.807) is 0 Å². The third-order valence-corrected chi connectivity index (χ3v) is 2.10. The van der Waals surface area contributed by atoms with Gasteiger partial charge in [-0.2, -0.15) is 0 Å². The van der Waals surface area contributed by atoms with Crippen molar-refractivity contribution < 1.29 is 9.90 Å². The molecule has 3 heteroatoms. The fraction of sp³-hybridized carbons (Fsp3) is 0.900. The van der Waals surface area contributed by atoms with Crippen LogP contribution in [0.5, 0.6) is 0 Å². The molecule has 0 aromatic carbocycles.